The SMILES string of the molecule is Cc1cn2nc(OCC3CCN(C(=O)c4ccccn4)CC3)ccc2n1. The van der Waals surface area contributed by atoms with Gasteiger partial charge in [0.25, 0.3) is 5.91 Å². The molecule has 134 valence electrons. The Morgan fingerprint density at radius 2 is 2.08 bits per heavy atom. The van der Waals surface area contributed by atoms with E-state index in [9.17, 15) is 4.79 Å². The van der Waals surface area contributed by atoms with Gasteiger partial charge in [0.05, 0.1) is 18.5 Å². The molecular weight excluding hydrogens is 330 g/mol. The van der Waals surface area contributed by atoms with Crippen LogP contribution in [0.15, 0.2) is 42.7 Å². The summed E-state index contributed by atoms with van der Waals surface area (Å²) in [5, 5.41) is 4.42. The van der Waals surface area contributed by atoms with E-state index in [4.69, 9.17) is 4.74 Å². The molecule has 0 saturated carbocycles. The molecule has 1 saturated heterocycles. The highest BCUT2D eigenvalue weighted by molar-refractivity contribution is 5.92. The van der Waals surface area contributed by atoms with Gasteiger partial charge in [-0.05, 0) is 43.9 Å². The molecule has 1 fully saturated rings. The molecule has 0 unspecified atom stereocenters. The van der Waals surface area contributed by atoms with Crippen molar-refractivity contribution in [1.82, 2.24) is 24.5 Å². The molecule has 3 aromatic heterocycles. The van der Waals surface area contributed by atoms with Crippen LogP contribution in [0.25, 0.3) is 5.65 Å². The summed E-state index contributed by atoms with van der Waals surface area (Å²) in [4.78, 5) is 22.8. The molecular formula is C19H21N5O2. The van der Waals surface area contributed by atoms with Crippen molar-refractivity contribution >= 4 is 11.6 Å². The number of imidazole rings is 1. The van der Waals surface area contributed by atoms with Gasteiger partial charge in [0.2, 0.25) is 5.88 Å². The number of fused-ring (bicyclic) bond motifs is 1. The van der Waals surface area contributed by atoms with E-state index in [-0.39, 0.29) is 5.91 Å². The Hall–Kier alpha value is -2.96. The van der Waals surface area contributed by atoms with Crippen LogP contribution >= 0.6 is 0 Å². The zero-order valence-corrected chi connectivity index (χ0v) is 14.7. The number of rotatable bonds is 4. The molecule has 0 N–H and O–H groups in total. The summed E-state index contributed by atoms with van der Waals surface area (Å²) in [7, 11) is 0. The summed E-state index contributed by atoms with van der Waals surface area (Å²) in [6.07, 6.45) is 5.37. The Morgan fingerprint density at radius 1 is 1.23 bits per heavy atom. The highest BCUT2D eigenvalue weighted by Gasteiger charge is 2.24. The third kappa shape index (κ3) is 3.51. The van der Waals surface area contributed by atoms with E-state index >= 15 is 0 Å². The molecule has 0 aliphatic carbocycles. The number of nitrogens with zero attached hydrogens (tertiary/aromatic N) is 5. The van der Waals surface area contributed by atoms with E-state index in [2.05, 4.69) is 15.1 Å². The highest BCUT2D eigenvalue weighted by Crippen LogP contribution is 2.20. The molecule has 0 bridgehead atoms. The number of hydrogen-bond acceptors (Lipinski definition) is 5. The Kier molecular flexibility index (Phi) is 4.51. The van der Waals surface area contributed by atoms with E-state index in [0.29, 0.717) is 24.1 Å². The fourth-order valence-electron chi connectivity index (χ4n) is 3.22. The quantitative estimate of drug-likeness (QED) is 0.721. The molecule has 0 aromatic carbocycles. The van der Waals surface area contributed by atoms with Crippen LogP contribution in [-0.2, 0) is 0 Å². The van der Waals surface area contributed by atoms with Crippen molar-refractivity contribution in [3.05, 3.63) is 54.1 Å². The van der Waals surface area contributed by atoms with Gasteiger partial charge in [0.15, 0.2) is 5.65 Å². The number of piperidine rings is 1. The van der Waals surface area contributed by atoms with Gasteiger partial charge in [-0.25, -0.2) is 9.50 Å². The van der Waals surface area contributed by atoms with Crippen LogP contribution < -0.4 is 4.74 Å². The van der Waals surface area contributed by atoms with Crippen molar-refractivity contribution in [2.75, 3.05) is 19.7 Å². The van der Waals surface area contributed by atoms with Gasteiger partial charge >= 0.3 is 0 Å². The number of pyridine rings is 1. The number of carbonyl (C=O) groups is 1. The lowest BCUT2D eigenvalue weighted by atomic mass is 9.97. The third-order valence-corrected chi connectivity index (χ3v) is 4.67. The first-order valence-electron chi connectivity index (χ1n) is 8.85. The largest absolute Gasteiger partial charge is 0.476 e. The second kappa shape index (κ2) is 7.11. The van der Waals surface area contributed by atoms with Gasteiger partial charge in [-0.15, -0.1) is 5.10 Å². The molecule has 4 heterocycles. The molecule has 26 heavy (non-hydrogen) atoms. The summed E-state index contributed by atoms with van der Waals surface area (Å²) >= 11 is 0. The molecule has 0 radical (unpaired) electrons. The van der Waals surface area contributed by atoms with Crippen molar-refractivity contribution in [3.8, 4) is 5.88 Å². The topological polar surface area (TPSA) is 72.6 Å². The first-order valence-corrected chi connectivity index (χ1v) is 8.85. The average Bonchev–Trinajstić information content (AvgIpc) is 3.06. The Bertz CT molecular complexity index is 901. The van der Waals surface area contributed by atoms with Crippen molar-refractivity contribution in [2.45, 2.75) is 19.8 Å². The smallest absolute Gasteiger partial charge is 0.272 e. The zero-order valence-electron chi connectivity index (χ0n) is 14.7. The standard InChI is InChI=1S/C19H21N5O2/c1-14-12-24-17(21-14)5-6-18(22-24)26-13-15-7-10-23(11-8-15)19(25)16-4-2-3-9-20-16/h2-6,9,12,15H,7-8,10-11,13H2,1H3. The number of aryl methyl sites for hydroxylation is 1. The number of aromatic nitrogens is 4. The van der Waals surface area contributed by atoms with Crippen LogP contribution in [0.2, 0.25) is 0 Å². The number of amides is 1. The van der Waals surface area contributed by atoms with Gasteiger partial charge in [-0.1, -0.05) is 6.07 Å². The molecule has 4 rings (SSSR count). The van der Waals surface area contributed by atoms with E-state index in [0.717, 1.165) is 37.3 Å². The summed E-state index contributed by atoms with van der Waals surface area (Å²) in [6, 6.07) is 9.17. The number of ether oxygens (including phenoxy) is 1. The van der Waals surface area contributed by atoms with Crippen molar-refractivity contribution in [1.29, 1.82) is 0 Å². The Morgan fingerprint density at radius 3 is 2.85 bits per heavy atom. The van der Waals surface area contributed by atoms with Crippen molar-refractivity contribution in [3.63, 3.8) is 0 Å². The van der Waals surface area contributed by atoms with Gasteiger partial charge in [0.1, 0.15) is 5.69 Å². The molecule has 3 aromatic rings. The number of likely N-dealkylation sites (tertiary alicyclic amines) is 1. The van der Waals surface area contributed by atoms with Crippen LogP contribution in [0, 0.1) is 12.8 Å². The minimum atomic E-state index is 0.00700. The molecule has 1 aliphatic heterocycles. The summed E-state index contributed by atoms with van der Waals surface area (Å²) in [5.74, 6) is 1.03. The molecule has 0 atom stereocenters. The van der Waals surface area contributed by atoms with E-state index in [1.165, 1.54) is 0 Å². The lowest BCUT2D eigenvalue weighted by molar-refractivity contribution is 0.0653. The maximum Gasteiger partial charge on any atom is 0.272 e. The highest BCUT2D eigenvalue weighted by atomic mass is 16.5. The molecule has 7 nitrogen and oxygen atoms in total. The molecule has 1 amide bonds. The van der Waals surface area contributed by atoms with Crippen LogP contribution in [0.5, 0.6) is 5.88 Å². The van der Waals surface area contributed by atoms with Crippen LogP contribution in [0.4, 0.5) is 0 Å². The van der Waals surface area contributed by atoms with Gasteiger partial charge in [-0.2, -0.15) is 0 Å². The van der Waals surface area contributed by atoms with Gasteiger partial charge in [-0.3, -0.25) is 9.78 Å². The zero-order chi connectivity index (χ0) is 17.9. The van der Waals surface area contributed by atoms with Gasteiger partial charge < -0.3 is 9.64 Å². The summed E-state index contributed by atoms with van der Waals surface area (Å²) in [6.45, 7) is 4.01. The lowest BCUT2D eigenvalue weighted by Gasteiger charge is -2.31. The average molecular weight is 351 g/mol. The van der Waals surface area contributed by atoms with E-state index in [1.54, 1.807) is 16.8 Å². The van der Waals surface area contributed by atoms with Crippen LogP contribution in [0.3, 0.4) is 0 Å². The number of hydrogen-bond donors (Lipinski definition) is 0. The fraction of sp³-hybridized carbons (Fsp3) is 0.368. The Labute approximate surface area is 151 Å². The predicted octanol–water partition coefficient (Wildman–Crippen LogP) is 2.36. The van der Waals surface area contributed by atoms with Crippen LogP contribution in [0.1, 0.15) is 29.0 Å². The summed E-state index contributed by atoms with van der Waals surface area (Å²) in [5.41, 5.74) is 2.26. The maximum absolute atomic E-state index is 12.4. The first-order chi connectivity index (χ1) is 12.7. The molecule has 1 aliphatic rings. The second-order valence-electron chi connectivity index (χ2n) is 6.62. The fourth-order valence-corrected chi connectivity index (χ4v) is 3.22. The van der Waals surface area contributed by atoms with E-state index in [1.807, 2.05) is 42.3 Å². The first kappa shape index (κ1) is 16.5. The minimum Gasteiger partial charge on any atom is -0.476 e. The van der Waals surface area contributed by atoms with Crippen molar-refractivity contribution < 1.29 is 9.53 Å². The van der Waals surface area contributed by atoms with Crippen molar-refractivity contribution in [2.24, 2.45) is 5.92 Å². The lowest BCUT2D eigenvalue weighted by Crippen LogP contribution is -2.40. The van der Waals surface area contributed by atoms with Crippen LogP contribution in [-0.4, -0.2) is 50.1 Å². The minimum absolute atomic E-state index is 0.00700. The molecule has 0 spiro atoms. The Balaban J connectivity index is 1.30. The monoisotopic (exact) mass is 351 g/mol. The predicted molar refractivity (Wildman–Crippen MR) is 96.1 cm³/mol. The molecule has 7 heteroatoms. The van der Waals surface area contributed by atoms with Gasteiger partial charge in [0, 0.05) is 25.4 Å². The number of carbonyl (C=O) groups excluding carboxylic acids is 1. The normalized spacial score (nSPS) is 15.3. The summed E-state index contributed by atoms with van der Waals surface area (Å²) < 4.78 is 7.60. The third-order valence-electron chi connectivity index (χ3n) is 4.67. The maximum atomic E-state index is 12.4. The van der Waals surface area contributed by atoms with E-state index < -0.39 is 0 Å². The second-order valence-corrected chi connectivity index (χ2v) is 6.62.